The average Bonchev–Trinajstić information content (AvgIpc) is 3.17. The molecule has 1 aliphatic rings. The lowest BCUT2D eigenvalue weighted by Gasteiger charge is -2.23. The predicted molar refractivity (Wildman–Crippen MR) is 124 cm³/mol. The average molecular weight is 420 g/mol. The number of rotatable bonds is 8. The molecule has 31 heavy (non-hydrogen) atoms. The summed E-state index contributed by atoms with van der Waals surface area (Å²) in [6.07, 6.45) is 6.44. The Morgan fingerprint density at radius 3 is 2.65 bits per heavy atom. The quantitative estimate of drug-likeness (QED) is 0.486. The van der Waals surface area contributed by atoms with E-state index in [0.717, 1.165) is 61.3 Å². The first kappa shape index (κ1) is 21.4. The zero-order valence-corrected chi connectivity index (χ0v) is 18.6. The maximum Gasteiger partial charge on any atom is 0.223 e. The molecule has 2 aromatic carbocycles. The van der Waals surface area contributed by atoms with E-state index in [-0.39, 0.29) is 17.9 Å². The minimum Gasteiger partial charge on any atom is -0.494 e. The number of hydrogen-bond donors (Lipinski definition) is 1. The molecule has 164 valence electrons. The number of hydrogen-bond acceptors (Lipinski definition) is 3. The van der Waals surface area contributed by atoms with E-state index in [1.54, 1.807) is 0 Å². The number of imidazole rings is 1. The van der Waals surface area contributed by atoms with Gasteiger partial charge in [-0.1, -0.05) is 49.1 Å². The fourth-order valence-corrected chi connectivity index (χ4v) is 4.47. The van der Waals surface area contributed by atoms with Crippen molar-refractivity contribution in [2.24, 2.45) is 5.92 Å². The Hall–Kier alpha value is -2.82. The molecular formula is C26H33N3O2. The van der Waals surface area contributed by atoms with Gasteiger partial charge in [0.2, 0.25) is 5.91 Å². The van der Waals surface area contributed by atoms with Crippen LogP contribution in [0.3, 0.4) is 0 Å². The van der Waals surface area contributed by atoms with Crippen LogP contribution in [-0.2, 0) is 11.3 Å². The Morgan fingerprint density at radius 2 is 1.87 bits per heavy atom. The first-order valence-corrected chi connectivity index (χ1v) is 11.6. The molecular weight excluding hydrogens is 386 g/mol. The third-order valence-corrected chi connectivity index (χ3v) is 6.22. The molecule has 1 atom stereocenters. The summed E-state index contributed by atoms with van der Waals surface area (Å²) >= 11 is 0. The van der Waals surface area contributed by atoms with E-state index in [9.17, 15) is 4.79 Å². The molecule has 0 radical (unpaired) electrons. The zero-order valence-electron chi connectivity index (χ0n) is 18.6. The van der Waals surface area contributed by atoms with Gasteiger partial charge in [-0.2, -0.15) is 0 Å². The van der Waals surface area contributed by atoms with Crippen LogP contribution in [0.2, 0.25) is 0 Å². The number of aromatic nitrogens is 2. The maximum absolute atomic E-state index is 12.8. The molecule has 1 unspecified atom stereocenters. The van der Waals surface area contributed by atoms with Crippen molar-refractivity contribution in [1.82, 2.24) is 14.9 Å². The van der Waals surface area contributed by atoms with Gasteiger partial charge >= 0.3 is 0 Å². The minimum atomic E-state index is -0.125. The summed E-state index contributed by atoms with van der Waals surface area (Å²) in [6.45, 7) is 5.55. The molecule has 0 saturated heterocycles. The highest BCUT2D eigenvalue weighted by Gasteiger charge is 2.24. The van der Waals surface area contributed by atoms with Crippen LogP contribution < -0.4 is 10.1 Å². The van der Waals surface area contributed by atoms with Gasteiger partial charge in [-0.05, 0) is 57.4 Å². The highest BCUT2D eigenvalue weighted by atomic mass is 16.5. The molecule has 1 amide bonds. The van der Waals surface area contributed by atoms with Gasteiger partial charge in [-0.15, -0.1) is 0 Å². The lowest BCUT2D eigenvalue weighted by Crippen LogP contribution is -2.35. The second-order valence-electron chi connectivity index (χ2n) is 8.69. The van der Waals surface area contributed by atoms with Crippen molar-refractivity contribution < 1.29 is 9.53 Å². The van der Waals surface area contributed by atoms with Gasteiger partial charge in [-0.25, -0.2) is 4.98 Å². The normalized spacial score (nSPS) is 15.7. The Morgan fingerprint density at radius 1 is 1.13 bits per heavy atom. The molecule has 0 bridgehead atoms. The molecule has 1 saturated carbocycles. The van der Waals surface area contributed by atoms with E-state index >= 15 is 0 Å². The first-order chi connectivity index (χ1) is 15.1. The third-order valence-electron chi connectivity index (χ3n) is 6.22. The molecule has 3 aromatic rings. The smallest absolute Gasteiger partial charge is 0.223 e. The van der Waals surface area contributed by atoms with Crippen LogP contribution >= 0.6 is 0 Å². The monoisotopic (exact) mass is 419 g/mol. The SMILES string of the molecule is Cc1ccc(OCCCn2c(C(C)NC(=O)C3CCCCC3)nc3ccccc32)cc1. The highest BCUT2D eigenvalue weighted by Crippen LogP contribution is 2.26. The number of ether oxygens (including phenoxy) is 1. The Bertz CT molecular complexity index is 1000. The molecule has 0 spiro atoms. The minimum absolute atomic E-state index is 0.125. The van der Waals surface area contributed by atoms with Crippen LogP contribution in [0.5, 0.6) is 5.75 Å². The largest absolute Gasteiger partial charge is 0.494 e. The van der Waals surface area contributed by atoms with E-state index in [1.807, 2.05) is 37.3 Å². The Balaban J connectivity index is 1.43. The number of benzene rings is 2. The second-order valence-corrected chi connectivity index (χ2v) is 8.69. The van der Waals surface area contributed by atoms with Crippen LogP contribution in [0.25, 0.3) is 11.0 Å². The van der Waals surface area contributed by atoms with Crippen molar-refractivity contribution in [2.45, 2.75) is 65.0 Å². The highest BCUT2D eigenvalue weighted by molar-refractivity contribution is 5.80. The fourth-order valence-electron chi connectivity index (χ4n) is 4.47. The van der Waals surface area contributed by atoms with Gasteiger partial charge in [0.15, 0.2) is 0 Å². The van der Waals surface area contributed by atoms with E-state index in [1.165, 1.54) is 12.0 Å². The van der Waals surface area contributed by atoms with E-state index in [4.69, 9.17) is 9.72 Å². The third kappa shape index (κ3) is 5.27. The summed E-state index contributed by atoms with van der Waals surface area (Å²) in [5.74, 6) is 2.14. The number of nitrogens with zero attached hydrogens (tertiary/aromatic N) is 2. The summed E-state index contributed by atoms with van der Waals surface area (Å²) in [4.78, 5) is 17.6. The van der Waals surface area contributed by atoms with Crippen LogP contribution in [0.15, 0.2) is 48.5 Å². The standard InChI is InChI=1S/C26H33N3O2/c1-19-13-15-22(16-14-19)31-18-8-17-29-24-12-7-6-11-23(24)28-25(29)20(2)27-26(30)21-9-4-3-5-10-21/h6-7,11-16,20-21H,3-5,8-10,17-18H2,1-2H3,(H,27,30). The summed E-state index contributed by atoms with van der Waals surface area (Å²) in [5, 5.41) is 3.24. The molecule has 5 nitrogen and oxygen atoms in total. The molecule has 1 N–H and O–H groups in total. The molecule has 5 heteroatoms. The van der Waals surface area contributed by atoms with Gasteiger partial charge in [0, 0.05) is 12.5 Å². The predicted octanol–water partition coefficient (Wildman–Crippen LogP) is 5.57. The molecule has 4 rings (SSSR count). The molecule has 1 heterocycles. The van der Waals surface area contributed by atoms with Gasteiger partial charge in [0.05, 0.1) is 23.7 Å². The van der Waals surface area contributed by atoms with Crippen molar-refractivity contribution in [3.05, 3.63) is 59.9 Å². The van der Waals surface area contributed by atoms with Crippen LogP contribution in [0.4, 0.5) is 0 Å². The maximum atomic E-state index is 12.8. The lowest BCUT2D eigenvalue weighted by molar-refractivity contribution is -0.126. The molecule has 0 aliphatic heterocycles. The first-order valence-electron chi connectivity index (χ1n) is 11.6. The van der Waals surface area contributed by atoms with E-state index in [0.29, 0.717) is 6.61 Å². The van der Waals surface area contributed by atoms with Gasteiger partial charge in [0.25, 0.3) is 0 Å². The number of fused-ring (bicyclic) bond motifs is 1. The molecule has 1 fully saturated rings. The van der Waals surface area contributed by atoms with Crippen molar-refractivity contribution in [2.75, 3.05) is 6.61 Å². The number of aryl methyl sites for hydroxylation is 2. The van der Waals surface area contributed by atoms with Crippen molar-refractivity contribution >= 4 is 16.9 Å². The van der Waals surface area contributed by atoms with E-state index in [2.05, 4.69) is 35.0 Å². The zero-order chi connectivity index (χ0) is 21.6. The molecule has 1 aromatic heterocycles. The van der Waals surface area contributed by atoms with Gasteiger partial charge < -0.3 is 14.6 Å². The molecule has 1 aliphatic carbocycles. The number of carbonyl (C=O) groups excluding carboxylic acids is 1. The number of para-hydroxylation sites is 2. The lowest BCUT2D eigenvalue weighted by atomic mass is 9.88. The number of amides is 1. The van der Waals surface area contributed by atoms with Crippen molar-refractivity contribution in [3.63, 3.8) is 0 Å². The Labute approximate surface area is 184 Å². The number of carbonyl (C=O) groups is 1. The summed E-state index contributed by atoms with van der Waals surface area (Å²) in [6, 6.07) is 16.2. The van der Waals surface area contributed by atoms with E-state index < -0.39 is 0 Å². The summed E-state index contributed by atoms with van der Waals surface area (Å²) < 4.78 is 8.15. The summed E-state index contributed by atoms with van der Waals surface area (Å²) in [5.41, 5.74) is 3.30. The van der Waals surface area contributed by atoms with Crippen LogP contribution in [0, 0.1) is 12.8 Å². The fraction of sp³-hybridized carbons (Fsp3) is 0.462. The van der Waals surface area contributed by atoms with Crippen LogP contribution in [0.1, 0.15) is 62.9 Å². The van der Waals surface area contributed by atoms with Gasteiger partial charge in [0.1, 0.15) is 11.6 Å². The Kier molecular flexibility index (Phi) is 6.90. The number of nitrogens with one attached hydrogen (secondary N) is 1. The second kappa shape index (κ2) is 9.99. The van der Waals surface area contributed by atoms with Crippen molar-refractivity contribution in [3.8, 4) is 5.75 Å². The van der Waals surface area contributed by atoms with Gasteiger partial charge in [-0.3, -0.25) is 4.79 Å². The van der Waals surface area contributed by atoms with Crippen molar-refractivity contribution in [1.29, 1.82) is 0 Å². The topological polar surface area (TPSA) is 56.1 Å². The summed E-state index contributed by atoms with van der Waals surface area (Å²) in [7, 11) is 0. The van der Waals surface area contributed by atoms with Crippen LogP contribution in [-0.4, -0.2) is 22.1 Å².